The summed E-state index contributed by atoms with van der Waals surface area (Å²) in [6.45, 7) is 4.07. The van der Waals surface area contributed by atoms with Gasteiger partial charge in [0.15, 0.2) is 0 Å². The molecule has 2 saturated heterocycles. The van der Waals surface area contributed by atoms with E-state index in [-0.39, 0.29) is 0 Å². The van der Waals surface area contributed by atoms with Crippen molar-refractivity contribution in [2.24, 2.45) is 5.92 Å². The average Bonchev–Trinajstić information content (AvgIpc) is 2.82. The molecular weight excluding hydrogens is 160 g/mol. The minimum Gasteiger partial charge on any atom is -0.310 e. The third-order valence-corrected chi connectivity index (χ3v) is 3.82. The van der Waals surface area contributed by atoms with Gasteiger partial charge in [-0.2, -0.15) is 0 Å². The Hall–Kier alpha value is -0.0800. The summed E-state index contributed by atoms with van der Waals surface area (Å²) in [6, 6.07) is 1.68. The second kappa shape index (κ2) is 3.25. The van der Waals surface area contributed by atoms with Gasteiger partial charge in [0, 0.05) is 25.2 Å². The maximum atomic E-state index is 3.73. The fourth-order valence-corrected chi connectivity index (χ4v) is 2.85. The molecule has 2 aliphatic heterocycles. The summed E-state index contributed by atoms with van der Waals surface area (Å²) in [5.74, 6) is 1.07. The van der Waals surface area contributed by atoms with E-state index in [9.17, 15) is 0 Å². The Labute approximate surface area is 80.7 Å². The van der Waals surface area contributed by atoms with Crippen LogP contribution in [0.5, 0.6) is 0 Å². The Morgan fingerprint density at radius 3 is 2.69 bits per heavy atom. The highest BCUT2D eigenvalue weighted by Gasteiger charge is 2.31. The van der Waals surface area contributed by atoms with Gasteiger partial charge in [0.05, 0.1) is 0 Å². The molecule has 2 atom stereocenters. The van der Waals surface area contributed by atoms with Crippen molar-refractivity contribution in [1.82, 2.24) is 10.2 Å². The molecule has 3 fully saturated rings. The molecule has 0 aromatic carbocycles. The first-order valence-corrected chi connectivity index (χ1v) is 5.88. The van der Waals surface area contributed by atoms with Crippen LogP contribution in [0.15, 0.2) is 0 Å². The number of hydrogen-bond acceptors (Lipinski definition) is 2. The van der Waals surface area contributed by atoms with Crippen LogP contribution < -0.4 is 5.32 Å². The van der Waals surface area contributed by atoms with Crippen molar-refractivity contribution in [1.29, 1.82) is 0 Å². The molecule has 1 saturated carbocycles. The predicted molar refractivity (Wildman–Crippen MR) is 53.7 cm³/mol. The van der Waals surface area contributed by atoms with Gasteiger partial charge in [0.1, 0.15) is 0 Å². The lowest BCUT2D eigenvalue weighted by atomic mass is 10.1. The van der Waals surface area contributed by atoms with Crippen LogP contribution in [-0.2, 0) is 0 Å². The number of nitrogens with zero attached hydrogens (tertiary/aromatic N) is 1. The van der Waals surface area contributed by atoms with E-state index in [0.717, 1.165) is 18.0 Å². The molecule has 0 radical (unpaired) electrons. The molecule has 0 spiro atoms. The zero-order chi connectivity index (χ0) is 8.67. The van der Waals surface area contributed by atoms with Crippen molar-refractivity contribution in [2.45, 2.75) is 44.2 Å². The molecule has 2 heterocycles. The van der Waals surface area contributed by atoms with E-state index < -0.39 is 0 Å². The summed E-state index contributed by atoms with van der Waals surface area (Å²) in [5.41, 5.74) is 0. The number of nitrogens with one attached hydrogen (secondary N) is 1. The maximum absolute atomic E-state index is 3.73. The zero-order valence-corrected chi connectivity index (χ0v) is 8.34. The van der Waals surface area contributed by atoms with E-state index in [0.29, 0.717) is 0 Å². The molecule has 3 aliphatic rings. The smallest absolute Gasteiger partial charge is 0.0198 e. The largest absolute Gasteiger partial charge is 0.310 e. The van der Waals surface area contributed by atoms with Crippen molar-refractivity contribution in [3.63, 3.8) is 0 Å². The van der Waals surface area contributed by atoms with E-state index in [1.165, 1.54) is 51.7 Å². The highest BCUT2D eigenvalue weighted by Crippen LogP contribution is 2.31. The van der Waals surface area contributed by atoms with Crippen molar-refractivity contribution in [2.75, 3.05) is 19.6 Å². The van der Waals surface area contributed by atoms with Gasteiger partial charge in [-0.1, -0.05) is 0 Å². The minimum atomic E-state index is 0.825. The van der Waals surface area contributed by atoms with Gasteiger partial charge < -0.3 is 10.2 Å². The minimum absolute atomic E-state index is 0.825. The molecule has 13 heavy (non-hydrogen) atoms. The van der Waals surface area contributed by atoms with Crippen LogP contribution in [0.3, 0.4) is 0 Å². The Bertz CT molecular complexity index is 189. The predicted octanol–water partition coefficient (Wildman–Crippen LogP) is 1.22. The summed E-state index contributed by atoms with van der Waals surface area (Å²) < 4.78 is 0. The number of rotatable bonds is 2. The molecule has 0 aromatic rings. The molecule has 3 rings (SSSR count). The van der Waals surface area contributed by atoms with Gasteiger partial charge in [-0.05, 0) is 44.6 Å². The summed E-state index contributed by atoms with van der Waals surface area (Å²) in [5, 5.41) is 3.73. The normalized spacial score (nSPS) is 40.6. The van der Waals surface area contributed by atoms with Gasteiger partial charge >= 0.3 is 0 Å². The van der Waals surface area contributed by atoms with Crippen LogP contribution in [-0.4, -0.2) is 36.6 Å². The molecule has 2 heteroatoms. The lowest BCUT2D eigenvalue weighted by molar-refractivity contribution is 0.249. The van der Waals surface area contributed by atoms with Gasteiger partial charge in [-0.15, -0.1) is 0 Å². The fourth-order valence-electron chi connectivity index (χ4n) is 2.85. The fraction of sp³-hybridized carbons (Fsp3) is 1.00. The summed E-state index contributed by atoms with van der Waals surface area (Å²) in [6.07, 6.45) is 7.24. The molecule has 1 N–H and O–H groups in total. The second-order valence-electron chi connectivity index (χ2n) is 5.13. The standard InChI is InChI=1S/C11H20N2/c1-2-9(1)7-13-6-5-10-3-4-11(8-13)12-10/h9-12H,1-8H2. The molecule has 74 valence electrons. The highest BCUT2D eigenvalue weighted by molar-refractivity contribution is 4.90. The van der Waals surface area contributed by atoms with Crippen molar-refractivity contribution in [3.8, 4) is 0 Å². The van der Waals surface area contributed by atoms with E-state index in [4.69, 9.17) is 0 Å². The van der Waals surface area contributed by atoms with Gasteiger partial charge in [-0.3, -0.25) is 0 Å². The molecule has 0 amide bonds. The Morgan fingerprint density at radius 1 is 1.00 bits per heavy atom. The summed E-state index contributed by atoms with van der Waals surface area (Å²) >= 11 is 0. The molecule has 2 bridgehead atoms. The first-order chi connectivity index (χ1) is 6.40. The molecule has 2 nitrogen and oxygen atoms in total. The zero-order valence-electron chi connectivity index (χ0n) is 8.34. The topological polar surface area (TPSA) is 15.3 Å². The first kappa shape index (κ1) is 8.25. The SMILES string of the molecule is C1CC1CN1CCC2CCC(C1)N2. The lowest BCUT2D eigenvalue weighted by Gasteiger charge is -2.23. The van der Waals surface area contributed by atoms with Crippen molar-refractivity contribution < 1.29 is 0 Å². The Kier molecular flexibility index (Phi) is 2.06. The Morgan fingerprint density at radius 2 is 1.85 bits per heavy atom. The summed E-state index contributed by atoms with van der Waals surface area (Å²) in [7, 11) is 0. The second-order valence-corrected chi connectivity index (χ2v) is 5.13. The van der Waals surface area contributed by atoms with E-state index in [1.807, 2.05) is 0 Å². The van der Waals surface area contributed by atoms with Gasteiger partial charge in [0.2, 0.25) is 0 Å². The third-order valence-electron chi connectivity index (χ3n) is 3.82. The highest BCUT2D eigenvalue weighted by atomic mass is 15.2. The van der Waals surface area contributed by atoms with Crippen LogP contribution in [0.2, 0.25) is 0 Å². The molecule has 0 aromatic heterocycles. The van der Waals surface area contributed by atoms with Crippen LogP contribution in [0.25, 0.3) is 0 Å². The van der Waals surface area contributed by atoms with Crippen LogP contribution in [0.1, 0.15) is 32.1 Å². The third kappa shape index (κ3) is 1.89. The Balaban J connectivity index is 1.57. The monoisotopic (exact) mass is 180 g/mol. The molecule has 1 aliphatic carbocycles. The summed E-state index contributed by atoms with van der Waals surface area (Å²) in [4.78, 5) is 2.70. The average molecular weight is 180 g/mol. The number of likely N-dealkylation sites (tertiary alicyclic amines) is 1. The van der Waals surface area contributed by atoms with Crippen LogP contribution in [0.4, 0.5) is 0 Å². The molecular formula is C11H20N2. The van der Waals surface area contributed by atoms with Crippen molar-refractivity contribution >= 4 is 0 Å². The van der Waals surface area contributed by atoms with Crippen molar-refractivity contribution in [3.05, 3.63) is 0 Å². The maximum Gasteiger partial charge on any atom is 0.0198 e. The first-order valence-electron chi connectivity index (χ1n) is 5.88. The van der Waals surface area contributed by atoms with Crippen LogP contribution >= 0.6 is 0 Å². The quantitative estimate of drug-likeness (QED) is 0.687. The molecule has 2 unspecified atom stereocenters. The van der Waals surface area contributed by atoms with E-state index in [1.54, 1.807) is 0 Å². The number of hydrogen-bond donors (Lipinski definition) is 1. The number of fused-ring (bicyclic) bond motifs is 2. The van der Waals surface area contributed by atoms with E-state index in [2.05, 4.69) is 10.2 Å². The van der Waals surface area contributed by atoms with Crippen LogP contribution in [0, 0.1) is 5.92 Å². The lowest BCUT2D eigenvalue weighted by Crippen LogP contribution is -2.36. The van der Waals surface area contributed by atoms with Gasteiger partial charge in [0.25, 0.3) is 0 Å². The van der Waals surface area contributed by atoms with E-state index >= 15 is 0 Å². The van der Waals surface area contributed by atoms with Gasteiger partial charge in [-0.25, -0.2) is 0 Å².